The number of nitriles is 1. The van der Waals surface area contributed by atoms with Gasteiger partial charge in [-0.3, -0.25) is 0 Å². The van der Waals surface area contributed by atoms with Crippen molar-refractivity contribution in [1.29, 1.82) is 5.26 Å². The molecule has 12 heteroatoms. The molecule has 6 rings (SSSR count). The number of piperidine rings is 1. The average molecular weight is 684 g/mol. The average Bonchev–Trinajstić information content (AvgIpc) is 3.42. The van der Waals surface area contributed by atoms with Crippen LogP contribution in [-0.2, 0) is 9.53 Å². The quantitative estimate of drug-likeness (QED) is 0.146. The number of halogens is 1. The molecule has 236 valence electrons. The SMILES string of the molecule is CCN(C1COC1)C(C)(C)/C=C(/C#N)C(=O)N1CCC[C@@H](n2nc(-c3ccc(Oc4ccccc4)cc3F)c3c([As])ncnc32)C1. The molecule has 2 fully saturated rings. The van der Waals surface area contributed by atoms with Gasteiger partial charge < -0.3 is 4.74 Å². The Labute approximate surface area is 276 Å². The first-order valence-electron chi connectivity index (χ1n) is 15.4. The molecule has 2 aliphatic rings. The van der Waals surface area contributed by atoms with Crippen molar-refractivity contribution >= 4 is 38.3 Å². The Morgan fingerprint density at radius 2 is 2.00 bits per heavy atom. The van der Waals surface area contributed by atoms with Crippen molar-refractivity contribution in [2.24, 2.45) is 0 Å². The summed E-state index contributed by atoms with van der Waals surface area (Å²) in [6.07, 6.45) is 4.70. The third kappa shape index (κ3) is 6.30. The van der Waals surface area contributed by atoms with Crippen LogP contribution < -0.4 is 9.22 Å². The molecule has 2 radical (unpaired) electrons. The van der Waals surface area contributed by atoms with E-state index in [2.05, 4.69) is 44.7 Å². The van der Waals surface area contributed by atoms with Gasteiger partial charge in [0.2, 0.25) is 0 Å². The van der Waals surface area contributed by atoms with Crippen LogP contribution in [0.3, 0.4) is 0 Å². The molecular formula is C34H35AsFN7O3. The number of carbonyl (C=O) groups excluding carboxylic acids is 1. The number of ether oxygens (including phenoxy) is 2. The number of rotatable bonds is 9. The second-order valence-electron chi connectivity index (χ2n) is 12.1. The van der Waals surface area contributed by atoms with Crippen LogP contribution in [0.5, 0.6) is 11.5 Å². The van der Waals surface area contributed by atoms with Crippen molar-refractivity contribution in [3.63, 3.8) is 0 Å². The summed E-state index contributed by atoms with van der Waals surface area (Å²) in [7, 11) is 0. The second-order valence-corrected chi connectivity index (χ2v) is 13.0. The van der Waals surface area contributed by atoms with Crippen molar-refractivity contribution < 1.29 is 18.7 Å². The van der Waals surface area contributed by atoms with Crippen LogP contribution in [0.25, 0.3) is 22.3 Å². The summed E-state index contributed by atoms with van der Waals surface area (Å²) < 4.78 is 29.3. The van der Waals surface area contributed by atoms with Gasteiger partial charge in [0.05, 0.1) is 19.3 Å². The van der Waals surface area contributed by atoms with E-state index < -0.39 is 11.4 Å². The molecule has 10 nitrogen and oxygen atoms in total. The zero-order valence-electron chi connectivity index (χ0n) is 26.1. The number of fused-ring (bicyclic) bond motifs is 1. The topological polar surface area (TPSA) is 109 Å². The molecule has 46 heavy (non-hydrogen) atoms. The summed E-state index contributed by atoms with van der Waals surface area (Å²) in [5.74, 6) is 0.183. The van der Waals surface area contributed by atoms with Crippen LogP contribution in [0.4, 0.5) is 4.39 Å². The minimum absolute atomic E-state index is 0.116. The summed E-state index contributed by atoms with van der Waals surface area (Å²) in [4.78, 5) is 26.6. The van der Waals surface area contributed by atoms with Crippen molar-refractivity contribution in [2.45, 2.75) is 51.2 Å². The Kier molecular flexibility index (Phi) is 9.23. The van der Waals surface area contributed by atoms with Gasteiger partial charge in [-0.2, -0.15) is 0 Å². The number of benzene rings is 2. The van der Waals surface area contributed by atoms with E-state index in [1.54, 1.807) is 39.9 Å². The number of para-hydroxylation sites is 1. The van der Waals surface area contributed by atoms with Gasteiger partial charge in [-0.1, -0.05) is 6.92 Å². The predicted octanol–water partition coefficient (Wildman–Crippen LogP) is 4.33. The van der Waals surface area contributed by atoms with Crippen LogP contribution in [-0.4, -0.2) is 96.7 Å². The van der Waals surface area contributed by atoms with Crippen molar-refractivity contribution in [3.05, 3.63) is 72.3 Å². The molecule has 0 bridgehead atoms. The fraction of sp³-hybridized carbons (Fsp3) is 0.382. The van der Waals surface area contributed by atoms with Crippen LogP contribution in [0, 0.1) is 17.1 Å². The van der Waals surface area contributed by atoms with Crippen molar-refractivity contribution in [1.82, 2.24) is 29.5 Å². The molecule has 2 saturated heterocycles. The predicted molar refractivity (Wildman–Crippen MR) is 172 cm³/mol. The fourth-order valence-electron chi connectivity index (χ4n) is 6.40. The Hall–Kier alpha value is -4.10. The molecule has 2 aromatic carbocycles. The fourth-order valence-corrected chi connectivity index (χ4v) is 6.94. The third-order valence-corrected chi connectivity index (χ3v) is 9.37. The molecular weight excluding hydrogens is 648 g/mol. The molecule has 1 amide bonds. The Bertz CT molecular complexity index is 1820. The molecule has 4 aromatic rings. The number of aromatic nitrogens is 4. The van der Waals surface area contributed by atoms with Crippen LogP contribution in [0.1, 0.15) is 39.7 Å². The molecule has 4 heterocycles. The summed E-state index contributed by atoms with van der Waals surface area (Å²) in [5.41, 5.74) is 0.875. The van der Waals surface area contributed by atoms with Gasteiger partial charge in [-0.05, 0) is 6.54 Å². The number of nitrogens with zero attached hydrogens (tertiary/aromatic N) is 7. The monoisotopic (exact) mass is 683 g/mol. The maximum absolute atomic E-state index is 15.7. The molecule has 0 spiro atoms. The van der Waals surface area contributed by atoms with Crippen LogP contribution in [0.15, 0.2) is 66.5 Å². The summed E-state index contributed by atoms with van der Waals surface area (Å²) >= 11 is 2.41. The van der Waals surface area contributed by atoms with Gasteiger partial charge in [0.15, 0.2) is 0 Å². The zero-order chi connectivity index (χ0) is 32.4. The Morgan fingerprint density at radius 3 is 2.67 bits per heavy atom. The van der Waals surface area contributed by atoms with E-state index >= 15 is 4.39 Å². The Morgan fingerprint density at radius 1 is 1.22 bits per heavy atom. The molecule has 0 unspecified atom stereocenters. The van der Waals surface area contributed by atoms with Gasteiger partial charge in [0, 0.05) is 0 Å². The number of likely N-dealkylation sites (tertiary alicyclic amines) is 1. The van der Waals surface area contributed by atoms with E-state index in [1.165, 1.54) is 12.4 Å². The molecule has 0 saturated carbocycles. The van der Waals surface area contributed by atoms with E-state index in [4.69, 9.17) is 14.6 Å². The molecule has 2 aliphatic heterocycles. The molecule has 0 N–H and O–H groups in total. The zero-order valence-corrected chi connectivity index (χ0v) is 27.9. The van der Waals surface area contributed by atoms with Crippen LogP contribution in [0.2, 0.25) is 0 Å². The van der Waals surface area contributed by atoms with Crippen molar-refractivity contribution in [3.8, 4) is 28.8 Å². The molecule has 1 atom stereocenters. The minimum atomic E-state index is -0.509. The standard InChI is InChI=1S/C34H35AsFN7O3/c1-4-42(24-19-45-20-24)34(2,3)16-22(17-37)33(44)41-14-8-9-23(18-41)43-32-29(31(35)38-21-39-32)30(40-43)27-13-12-26(15-28(27)36)46-25-10-6-5-7-11-25/h5-7,10-13,15-16,21,23-24H,4,8-9,14,18-20H2,1-3H3/b22-16-/t23-/m1/s1. The normalized spacial score (nSPS) is 17.6. The first-order chi connectivity index (χ1) is 22.2. The van der Waals surface area contributed by atoms with Crippen molar-refractivity contribution in [2.75, 3.05) is 32.8 Å². The number of carbonyl (C=O) groups is 1. The number of likely N-dealkylation sites (N-methyl/N-ethyl adjacent to an activating group) is 1. The van der Waals surface area contributed by atoms with E-state index in [9.17, 15) is 10.1 Å². The summed E-state index contributed by atoms with van der Waals surface area (Å²) in [6.45, 7) is 9.05. The van der Waals surface area contributed by atoms with Gasteiger partial charge >= 0.3 is 240 Å². The second kappa shape index (κ2) is 13.3. The first kappa shape index (κ1) is 31.9. The van der Waals surface area contributed by atoms with Gasteiger partial charge in [-0.15, -0.1) is 0 Å². The van der Waals surface area contributed by atoms with Crippen LogP contribution >= 0.6 is 0 Å². The van der Waals surface area contributed by atoms with E-state index in [1.807, 2.05) is 32.0 Å². The van der Waals surface area contributed by atoms with Gasteiger partial charge in [0.1, 0.15) is 0 Å². The summed E-state index contributed by atoms with van der Waals surface area (Å²) in [5, 5.41) is 15.6. The van der Waals surface area contributed by atoms with E-state index in [-0.39, 0.29) is 23.6 Å². The number of hydrogen-bond donors (Lipinski definition) is 0. The first-order valence-corrected chi connectivity index (χ1v) is 16.4. The summed E-state index contributed by atoms with van der Waals surface area (Å²) in [6, 6.07) is 16.1. The number of hydrogen-bond acceptors (Lipinski definition) is 8. The number of amides is 1. The van der Waals surface area contributed by atoms with E-state index in [0.717, 1.165) is 19.4 Å². The molecule has 0 aliphatic carbocycles. The van der Waals surface area contributed by atoms with Gasteiger partial charge in [-0.25, -0.2) is 0 Å². The van der Waals surface area contributed by atoms with E-state index in [0.29, 0.717) is 64.6 Å². The van der Waals surface area contributed by atoms with Gasteiger partial charge in [0.25, 0.3) is 0 Å². The third-order valence-electron chi connectivity index (χ3n) is 8.66. The molecule has 2 aromatic heterocycles. The maximum atomic E-state index is 15.7. The Balaban J connectivity index is 1.28.